The fourth-order valence-corrected chi connectivity index (χ4v) is 3.74. The third kappa shape index (κ3) is 4.53. The average molecular weight is 395 g/mol. The molecule has 122 valence electrons. The summed E-state index contributed by atoms with van der Waals surface area (Å²) in [4.78, 5) is 20.0. The highest BCUT2D eigenvalue weighted by Crippen LogP contribution is 2.23. The molecule has 1 aromatic heterocycles. The van der Waals surface area contributed by atoms with Gasteiger partial charge in [-0.05, 0) is 50.2 Å². The number of anilines is 2. The summed E-state index contributed by atoms with van der Waals surface area (Å²) in [5.74, 6) is 0.204. The summed E-state index contributed by atoms with van der Waals surface area (Å²) in [6.45, 7) is 2.72. The van der Waals surface area contributed by atoms with Crippen molar-refractivity contribution >= 4 is 44.0 Å². The highest BCUT2D eigenvalue weighted by atomic mass is 79.9. The van der Waals surface area contributed by atoms with Gasteiger partial charge in [0, 0.05) is 33.7 Å². The summed E-state index contributed by atoms with van der Waals surface area (Å²) in [5, 5.41) is 3.62. The summed E-state index contributed by atoms with van der Waals surface area (Å²) >= 11 is 4.93. The zero-order valence-corrected chi connectivity index (χ0v) is 15.1. The highest BCUT2D eigenvalue weighted by Gasteiger charge is 2.25. The summed E-state index contributed by atoms with van der Waals surface area (Å²) in [5.41, 5.74) is 6.51. The molecule has 0 spiro atoms. The van der Waals surface area contributed by atoms with E-state index < -0.39 is 0 Å². The van der Waals surface area contributed by atoms with Gasteiger partial charge in [0.25, 0.3) is 0 Å². The number of nitrogens with zero attached hydrogens (tertiary/aromatic N) is 2. The maximum atomic E-state index is 12.4. The zero-order valence-electron chi connectivity index (χ0n) is 12.7. The van der Waals surface area contributed by atoms with Gasteiger partial charge in [-0.3, -0.25) is 9.69 Å². The first-order valence-corrected chi connectivity index (χ1v) is 9.20. The van der Waals surface area contributed by atoms with Crippen LogP contribution < -0.4 is 11.1 Å². The number of carbonyl (C=O) groups is 1. The third-order valence-corrected chi connectivity index (χ3v) is 5.36. The molecule has 1 aromatic carbocycles. The molecule has 2 aromatic rings. The lowest BCUT2D eigenvalue weighted by atomic mass is 9.96. The largest absolute Gasteiger partial charge is 0.375 e. The van der Waals surface area contributed by atoms with E-state index in [4.69, 9.17) is 5.73 Å². The van der Waals surface area contributed by atoms with Gasteiger partial charge in [-0.15, -0.1) is 11.3 Å². The van der Waals surface area contributed by atoms with Crippen LogP contribution in [0.1, 0.15) is 17.7 Å². The second-order valence-corrected chi connectivity index (χ2v) is 7.77. The quantitative estimate of drug-likeness (QED) is 0.833. The van der Waals surface area contributed by atoms with Crippen LogP contribution in [0.4, 0.5) is 10.8 Å². The first kappa shape index (κ1) is 16.4. The Hall–Kier alpha value is -1.44. The molecule has 3 N–H and O–H groups in total. The number of hydrogen-bond donors (Lipinski definition) is 2. The molecule has 0 aliphatic carbocycles. The van der Waals surface area contributed by atoms with Crippen LogP contribution in [0.25, 0.3) is 0 Å². The zero-order chi connectivity index (χ0) is 16.2. The molecule has 5 nitrogen and oxygen atoms in total. The van der Waals surface area contributed by atoms with Crippen LogP contribution in [0.2, 0.25) is 0 Å². The minimum Gasteiger partial charge on any atom is -0.375 e. The summed E-state index contributed by atoms with van der Waals surface area (Å²) in [6, 6.07) is 7.68. The van der Waals surface area contributed by atoms with Gasteiger partial charge in [0.1, 0.15) is 0 Å². The van der Waals surface area contributed by atoms with E-state index in [-0.39, 0.29) is 11.8 Å². The monoisotopic (exact) mass is 394 g/mol. The molecule has 0 bridgehead atoms. The molecular weight excluding hydrogens is 376 g/mol. The normalized spacial score (nSPS) is 16.4. The van der Waals surface area contributed by atoms with E-state index >= 15 is 0 Å². The van der Waals surface area contributed by atoms with Crippen molar-refractivity contribution in [2.75, 3.05) is 24.1 Å². The predicted octanol–water partition coefficient (Wildman–Crippen LogP) is 3.34. The maximum absolute atomic E-state index is 12.4. The molecule has 3 rings (SSSR count). The van der Waals surface area contributed by atoms with Gasteiger partial charge in [0.2, 0.25) is 5.91 Å². The van der Waals surface area contributed by atoms with Crippen molar-refractivity contribution in [2.24, 2.45) is 5.92 Å². The number of rotatable bonds is 4. The van der Waals surface area contributed by atoms with Gasteiger partial charge in [-0.2, -0.15) is 0 Å². The van der Waals surface area contributed by atoms with Crippen LogP contribution in [0, 0.1) is 5.92 Å². The van der Waals surface area contributed by atoms with Gasteiger partial charge >= 0.3 is 0 Å². The standard InChI is InChI=1S/C16H19BrN4OS/c17-12-1-3-13(4-2-12)20-15(22)11-5-7-21(8-6-11)10-14-9-19-16(18)23-14/h1-4,9,11H,5-8,10H2,(H2,18,19)(H,20,22). The van der Waals surface area contributed by atoms with Crippen molar-refractivity contribution in [2.45, 2.75) is 19.4 Å². The number of nitrogen functional groups attached to an aromatic ring is 1. The number of nitrogens with two attached hydrogens (primary N) is 1. The summed E-state index contributed by atoms with van der Waals surface area (Å²) in [7, 11) is 0. The van der Waals surface area contributed by atoms with Crippen molar-refractivity contribution in [3.8, 4) is 0 Å². The van der Waals surface area contributed by atoms with Crippen molar-refractivity contribution in [3.05, 3.63) is 39.8 Å². The van der Waals surface area contributed by atoms with Crippen molar-refractivity contribution in [3.63, 3.8) is 0 Å². The van der Waals surface area contributed by atoms with E-state index in [2.05, 4.69) is 31.1 Å². The number of piperidine rings is 1. The minimum atomic E-state index is 0.0847. The fourth-order valence-electron chi connectivity index (χ4n) is 2.75. The Morgan fingerprint density at radius 1 is 1.35 bits per heavy atom. The molecule has 0 saturated carbocycles. The second kappa shape index (κ2) is 7.42. The van der Waals surface area contributed by atoms with Gasteiger partial charge in [-0.1, -0.05) is 15.9 Å². The highest BCUT2D eigenvalue weighted by molar-refractivity contribution is 9.10. The van der Waals surface area contributed by atoms with E-state index in [0.29, 0.717) is 5.13 Å². The first-order valence-electron chi connectivity index (χ1n) is 7.59. The first-order chi connectivity index (χ1) is 11.1. The van der Waals surface area contributed by atoms with Crippen molar-refractivity contribution in [1.29, 1.82) is 0 Å². The number of likely N-dealkylation sites (tertiary alicyclic amines) is 1. The third-order valence-electron chi connectivity index (χ3n) is 4.02. The molecular formula is C16H19BrN4OS. The lowest BCUT2D eigenvalue weighted by Gasteiger charge is -2.30. The van der Waals surface area contributed by atoms with Gasteiger partial charge in [-0.25, -0.2) is 4.98 Å². The Balaban J connectivity index is 1.48. The van der Waals surface area contributed by atoms with Crippen molar-refractivity contribution < 1.29 is 4.79 Å². The van der Waals surface area contributed by atoms with Crippen molar-refractivity contribution in [1.82, 2.24) is 9.88 Å². The van der Waals surface area contributed by atoms with Crippen LogP contribution in [-0.4, -0.2) is 28.9 Å². The number of thiazole rings is 1. The van der Waals surface area contributed by atoms with E-state index in [1.54, 1.807) is 0 Å². The SMILES string of the molecule is Nc1ncc(CN2CCC(C(=O)Nc3ccc(Br)cc3)CC2)s1. The number of aromatic nitrogens is 1. The average Bonchev–Trinajstić information content (AvgIpc) is 2.95. The van der Waals surface area contributed by atoms with Crippen LogP contribution in [0.15, 0.2) is 34.9 Å². The van der Waals surface area contributed by atoms with E-state index in [0.717, 1.165) is 42.6 Å². The maximum Gasteiger partial charge on any atom is 0.227 e. The molecule has 2 heterocycles. The van der Waals surface area contributed by atoms with Crippen LogP contribution in [-0.2, 0) is 11.3 Å². The number of amides is 1. The summed E-state index contributed by atoms with van der Waals surface area (Å²) < 4.78 is 1.01. The molecule has 0 atom stereocenters. The molecule has 1 aliphatic rings. The Bertz CT molecular complexity index is 665. The van der Waals surface area contributed by atoms with Gasteiger partial charge < -0.3 is 11.1 Å². The van der Waals surface area contributed by atoms with E-state index in [9.17, 15) is 4.79 Å². The number of nitrogens with one attached hydrogen (secondary N) is 1. The van der Waals surface area contributed by atoms with E-state index in [1.807, 2.05) is 30.5 Å². The number of carbonyl (C=O) groups excluding carboxylic acids is 1. The molecule has 1 aliphatic heterocycles. The lowest BCUT2D eigenvalue weighted by molar-refractivity contribution is -0.121. The fraction of sp³-hybridized carbons (Fsp3) is 0.375. The second-order valence-electron chi connectivity index (χ2n) is 5.71. The number of halogens is 1. The molecule has 23 heavy (non-hydrogen) atoms. The number of benzene rings is 1. The Morgan fingerprint density at radius 2 is 2.04 bits per heavy atom. The van der Waals surface area contributed by atoms with Gasteiger partial charge in [0.05, 0.1) is 0 Å². The molecule has 1 fully saturated rings. The van der Waals surface area contributed by atoms with Crippen LogP contribution in [0.5, 0.6) is 0 Å². The lowest BCUT2D eigenvalue weighted by Crippen LogP contribution is -2.37. The Labute approximate surface area is 148 Å². The van der Waals surface area contributed by atoms with Gasteiger partial charge in [0.15, 0.2) is 5.13 Å². The molecule has 1 saturated heterocycles. The topological polar surface area (TPSA) is 71.2 Å². The molecule has 7 heteroatoms. The predicted molar refractivity (Wildman–Crippen MR) is 97.3 cm³/mol. The van der Waals surface area contributed by atoms with E-state index in [1.165, 1.54) is 16.2 Å². The number of hydrogen-bond acceptors (Lipinski definition) is 5. The molecule has 0 radical (unpaired) electrons. The van der Waals surface area contributed by atoms with Crippen LogP contribution >= 0.6 is 27.3 Å². The Morgan fingerprint density at radius 3 is 2.65 bits per heavy atom. The smallest absolute Gasteiger partial charge is 0.227 e. The molecule has 1 amide bonds. The Kier molecular flexibility index (Phi) is 5.30. The van der Waals surface area contributed by atoms with Crippen LogP contribution in [0.3, 0.4) is 0 Å². The minimum absolute atomic E-state index is 0.0847. The molecule has 0 unspecified atom stereocenters. The summed E-state index contributed by atoms with van der Waals surface area (Å²) in [6.07, 6.45) is 3.61.